The van der Waals surface area contributed by atoms with Gasteiger partial charge in [0.2, 0.25) is 5.88 Å². The van der Waals surface area contributed by atoms with Gasteiger partial charge in [0.1, 0.15) is 5.02 Å². The molecule has 1 atom stereocenters. The quantitative estimate of drug-likeness (QED) is 0.886. The average molecular weight is 360 g/mol. The first-order valence-corrected chi connectivity index (χ1v) is 7.20. The van der Waals surface area contributed by atoms with Crippen LogP contribution in [-0.2, 0) is 0 Å². The number of nitrogens with one attached hydrogen (secondary N) is 1. The molecule has 0 saturated carbocycles. The van der Waals surface area contributed by atoms with Crippen LogP contribution in [0.3, 0.4) is 0 Å². The van der Waals surface area contributed by atoms with E-state index in [0.29, 0.717) is 0 Å². The Bertz CT molecular complexity index is 711. The van der Waals surface area contributed by atoms with Gasteiger partial charge in [0, 0.05) is 18.6 Å². The minimum Gasteiger partial charge on any atom is -0.467 e. The molecule has 2 heterocycles. The van der Waals surface area contributed by atoms with Crippen LogP contribution in [0, 0.1) is 0 Å². The molecule has 1 N–H and O–H groups in total. The molecule has 0 bridgehead atoms. The average Bonchev–Trinajstić information content (AvgIpc) is 2.53. The van der Waals surface area contributed by atoms with E-state index in [1.165, 1.54) is 6.07 Å². The van der Waals surface area contributed by atoms with Crippen molar-refractivity contribution in [1.29, 1.82) is 0 Å². The zero-order valence-corrected chi connectivity index (χ0v) is 13.2. The molecular formula is C15H13ClF3N3O2. The molecule has 0 aromatic carbocycles. The fraction of sp³-hybridized carbons (Fsp3) is 0.267. The molecule has 2 aromatic rings. The Morgan fingerprint density at radius 1 is 1.42 bits per heavy atom. The van der Waals surface area contributed by atoms with E-state index in [9.17, 15) is 18.0 Å². The third-order valence-corrected chi connectivity index (χ3v) is 3.24. The summed E-state index contributed by atoms with van der Waals surface area (Å²) >= 11 is 5.81. The van der Waals surface area contributed by atoms with Gasteiger partial charge in [0.25, 0.3) is 5.91 Å². The fourth-order valence-electron chi connectivity index (χ4n) is 1.80. The smallest absolute Gasteiger partial charge is 0.422 e. The van der Waals surface area contributed by atoms with E-state index >= 15 is 0 Å². The minimum absolute atomic E-state index is 0.107. The monoisotopic (exact) mass is 359 g/mol. The SMILES string of the molecule is CC(NC(=O)c1cnc(OCC(F)(F)F)c(Cl)c1)c1cccnc1. The van der Waals surface area contributed by atoms with Gasteiger partial charge in [-0.1, -0.05) is 17.7 Å². The number of carbonyl (C=O) groups excluding carboxylic acids is 1. The van der Waals surface area contributed by atoms with E-state index < -0.39 is 18.7 Å². The van der Waals surface area contributed by atoms with E-state index in [2.05, 4.69) is 20.0 Å². The van der Waals surface area contributed by atoms with Crippen LogP contribution in [0.15, 0.2) is 36.8 Å². The third-order valence-electron chi connectivity index (χ3n) is 2.97. The van der Waals surface area contributed by atoms with Crippen LogP contribution in [0.2, 0.25) is 5.02 Å². The summed E-state index contributed by atoms with van der Waals surface area (Å²) in [5, 5.41) is 2.54. The molecule has 1 unspecified atom stereocenters. The molecule has 128 valence electrons. The second kappa shape index (κ2) is 7.48. The first-order valence-electron chi connectivity index (χ1n) is 6.82. The van der Waals surface area contributed by atoms with Gasteiger partial charge in [-0.3, -0.25) is 9.78 Å². The molecule has 0 aliphatic rings. The second-order valence-corrected chi connectivity index (χ2v) is 5.30. The number of rotatable bonds is 5. The molecule has 2 rings (SSSR count). The molecule has 0 fully saturated rings. The van der Waals surface area contributed by atoms with E-state index in [0.717, 1.165) is 11.8 Å². The van der Waals surface area contributed by atoms with Crippen molar-refractivity contribution in [3.63, 3.8) is 0 Å². The fourth-order valence-corrected chi connectivity index (χ4v) is 2.02. The van der Waals surface area contributed by atoms with Crippen molar-refractivity contribution in [2.75, 3.05) is 6.61 Å². The van der Waals surface area contributed by atoms with Gasteiger partial charge >= 0.3 is 6.18 Å². The maximum absolute atomic E-state index is 12.2. The molecule has 24 heavy (non-hydrogen) atoms. The molecule has 5 nitrogen and oxygen atoms in total. The molecule has 0 aliphatic carbocycles. The predicted molar refractivity (Wildman–Crippen MR) is 80.9 cm³/mol. The van der Waals surface area contributed by atoms with Crippen molar-refractivity contribution in [3.8, 4) is 5.88 Å². The topological polar surface area (TPSA) is 64.1 Å². The third kappa shape index (κ3) is 5.09. The van der Waals surface area contributed by atoms with Gasteiger partial charge in [-0.25, -0.2) is 4.98 Å². The Morgan fingerprint density at radius 2 is 2.17 bits per heavy atom. The summed E-state index contributed by atoms with van der Waals surface area (Å²) < 4.78 is 40.8. The molecule has 0 radical (unpaired) electrons. The van der Waals surface area contributed by atoms with Gasteiger partial charge in [-0.05, 0) is 24.6 Å². The molecule has 0 spiro atoms. The highest BCUT2D eigenvalue weighted by Crippen LogP contribution is 2.25. The Labute approximate surface area is 140 Å². The lowest BCUT2D eigenvalue weighted by Gasteiger charge is -2.14. The van der Waals surface area contributed by atoms with Crippen molar-refractivity contribution >= 4 is 17.5 Å². The van der Waals surface area contributed by atoms with E-state index in [4.69, 9.17) is 11.6 Å². The minimum atomic E-state index is -4.50. The summed E-state index contributed by atoms with van der Waals surface area (Å²) in [6.07, 6.45) is -0.172. The summed E-state index contributed by atoms with van der Waals surface area (Å²) in [5.41, 5.74) is 0.908. The van der Waals surface area contributed by atoms with Gasteiger partial charge in [-0.2, -0.15) is 13.2 Å². The van der Waals surface area contributed by atoms with E-state index in [-0.39, 0.29) is 22.5 Å². The van der Waals surface area contributed by atoms with Crippen LogP contribution in [-0.4, -0.2) is 28.7 Å². The molecular weight excluding hydrogens is 347 g/mol. The largest absolute Gasteiger partial charge is 0.467 e. The number of carbonyl (C=O) groups is 1. The summed E-state index contributed by atoms with van der Waals surface area (Å²) in [5.74, 6) is -0.853. The highest BCUT2D eigenvalue weighted by Gasteiger charge is 2.29. The Kier molecular flexibility index (Phi) is 5.61. The van der Waals surface area contributed by atoms with Crippen LogP contribution in [0.1, 0.15) is 28.9 Å². The number of ether oxygens (including phenoxy) is 1. The summed E-state index contributed by atoms with van der Waals surface area (Å²) in [7, 11) is 0. The van der Waals surface area contributed by atoms with Crippen LogP contribution >= 0.6 is 11.6 Å². The number of pyridine rings is 2. The molecule has 0 saturated heterocycles. The molecule has 1 amide bonds. The summed E-state index contributed by atoms with van der Waals surface area (Å²) in [6.45, 7) is 0.258. The van der Waals surface area contributed by atoms with Crippen molar-refractivity contribution < 1.29 is 22.7 Å². The number of nitrogens with zero attached hydrogens (tertiary/aromatic N) is 2. The molecule has 2 aromatic heterocycles. The lowest BCUT2D eigenvalue weighted by molar-refractivity contribution is -0.154. The van der Waals surface area contributed by atoms with E-state index in [1.54, 1.807) is 31.5 Å². The highest BCUT2D eigenvalue weighted by atomic mass is 35.5. The standard InChI is InChI=1S/C15H13ClF3N3O2/c1-9(10-3-2-4-20-6-10)22-13(23)11-5-12(16)14(21-7-11)24-8-15(17,18)19/h2-7,9H,8H2,1H3,(H,22,23). The first-order chi connectivity index (χ1) is 11.3. The Morgan fingerprint density at radius 3 is 2.75 bits per heavy atom. The number of alkyl halides is 3. The van der Waals surface area contributed by atoms with Crippen LogP contribution in [0.5, 0.6) is 5.88 Å². The van der Waals surface area contributed by atoms with Crippen molar-refractivity contribution in [3.05, 3.63) is 52.9 Å². The number of hydrogen-bond donors (Lipinski definition) is 1. The van der Waals surface area contributed by atoms with Crippen molar-refractivity contribution in [2.24, 2.45) is 0 Å². The summed E-state index contributed by atoms with van der Waals surface area (Å²) in [6, 6.07) is 4.43. The normalized spacial score (nSPS) is 12.5. The van der Waals surface area contributed by atoms with Gasteiger partial charge in [0.05, 0.1) is 11.6 Å². The number of hydrogen-bond acceptors (Lipinski definition) is 4. The van der Waals surface area contributed by atoms with Crippen LogP contribution < -0.4 is 10.1 Å². The zero-order valence-electron chi connectivity index (χ0n) is 12.5. The predicted octanol–water partition coefficient (Wildman–Crippen LogP) is 3.56. The van der Waals surface area contributed by atoms with Gasteiger partial charge in [-0.15, -0.1) is 0 Å². The van der Waals surface area contributed by atoms with Gasteiger partial charge < -0.3 is 10.1 Å². The lowest BCUT2D eigenvalue weighted by Crippen LogP contribution is -2.27. The van der Waals surface area contributed by atoms with Crippen molar-refractivity contribution in [1.82, 2.24) is 15.3 Å². The van der Waals surface area contributed by atoms with Crippen LogP contribution in [0.25, 0.3) is 0 Å². The summed E-state index contributed by atoms with van der Waals surface area (Å²) in [4.78, 5) is 19.8. The van der Waals surface area contributed by atoms with Crippen molar-refractivity contribution in [2.45, 2.75) is 19.1 Å². The lowest BCUT2D eigenvalue weighted by atomic mass is 10.1. The van der Waals surface area contributed by atoms with Crippen LogP contribution in [0.4, 0.5) is 13.2 Å². The second-order valence-electron chi connectivity index (χ2n) is 4.90. The number of aromatic nitrogens is 2. The maximum Gasteiger partial charge on any atom is 0.422 e. The zero-order chi connectivity index (χ0) is 17.7. The first kappa shape index (κ1) is 18.0. The van der Waals surface area contributed by atoms with Gasteiger partial charge in [0.15, 0.2) is 6.61 Å². The number of amides is 1. The molecule has 0 aliphatic heterocycles. The number of halogens is 4. The Balaban J connectivity index is 2.04. The Hall–Kier alpha value is -2.35. The maximum atomic E-state index is 12.2. The van der Waals surface area contributed by atoms with E-state index in [1.807, 2.05) is 0 Å². The highest BCUT2D eigenvalue weighted by molar-refractivity contribution is 6.32. The molecule has 9 heteroatoms.